The summed E-state index contributed by atoms with van der Waals surface area (Å²) in [7, 11) is -3.76. The van der Waals surface area contributed by atoms with Crippen LogP contribution in [0.15, 0.2) is 27.8 Å². The Morgan fingerprint density at radius 1 is 1.52 bits per heavy atom. The number of rotatable bonds is 7. The van der Waals surface area contributed by atoms with Gasteiger partial charge in [0.2, 0.25) is 0 Å². The lowest BCUT2D eigenvalue weighted by Gasteiger charge is -2.13. The fraction of sp³-hybridized carbons (Fsp3) is 0.462. The van der Waals surface area contributed by atoms with Crippen LogP contribution in [0.1, 0.15) is 30.4 Å². The summed E-state index contributed by atoms with van der Waals surface area (Å²) in [5.74, 6) is 0.813. The molecule has 0 fully saturated rings. The number of hydrogen-bond acceptors (Lipinski definition) is 5. The van der Waals surface area contributed by atoms with Crippen LogP contribution in [0.25, 0.3) is 0 Å². The van der Waals surface area contributed by atoms with Crippen molar-refractivity contribution in [1.82, 2.24) is 14.9 Å². The molecule has 116 valence electrons. The number of sulfonamides is 1. The van der Waals surface area contributed by atoms with Crippen molar-refractivity contribution in [3.63, 3.8) is 0 Å². The average molecular weight is 313 g/mol. The predicted molar refractivity (Wildman–Crippen MR) is 76.1 cm³/mol. The van der Waals surface area contributed by atoms with Gasteiger partial charge in [-0.3, -0.25) is 5.10 Å². The number of aromatic amines is 1. The van der Waals surface area contributed by atoms with E-state index in [9.17, 15) is 13.5 Å². The summed E-state index contributed by atoms with van der Waals surface area (Å²) in [6.07, 6.45) is 2.83. The third-order valence-corrected chi connectivity index (χ3v) is 4.77. The van der Waals surface area contributed by atoms with E-state index >= 15 is 0 Å². The van der Waals surface area contributed by atoms with Gasteiger partial charge in [0.05, 0.1) is 12.9 Å². The topological polar surface area (TPSA) is 108 Å². The average Bonchev–Trinajstić information content (AvgIpc) is 3.04. The molecule has 2 heterocycles. The molecule has 2 rings (SSSR count). The van der Waals surface area contributed by atoms with Crippen molar-refractivity contribution in [2.24, 2.45) is 0 Å². The third-order valence-electron chi connectivity index (χ3n) is 3.21. The molecule has 0 amide bonds. The van der Waals surface area contributed by atoms with Crippen LogP contribution in [-0.4, -0.2) is 29.8 Å². The van der Waals surface area contributed by atoms with E-state index in [1.54, 1.807) is 26.2 Å². The van der Waals surface area contributed by atoms with Gasteiger partial charge in [-0.05, 0) is 32.4 Å². The van der Waals surface area contributed by atoms with Crippen LogP contribution in [0.2, 0.25) is 0 Å². The predicted octanol–water partition coefficient (Wildman–Crippen LogP) is 1.10. The molecule has 0 aromatic carbocycles. The fourth-order valence-corrected chi connectivity index (χ4v) is 3.50. The van der Waals surface area contributed by atoms with Gasteiger partial charge < -0.3 is 9.52 Å². The summed E-state index contributed by atoms with van der Waals surface area (Å²) in [6.45, 7) is 3.07. The Morgan fingerprint density at radius 2 is 2.29 bits per heavy atom. The van der Waals surface area contributed by atoms with Crippen molar-refractivity contribution in [1.29, 1.82) is 0 Å². The minimum Gasteiger partial charge on any atom is -0.469 e. The second-order valence-corrected chi connectivity index (χ2v) is 6.56. The molecule has 0 radical (unpaired) electrons. The molecule has 0 saturated carbocycles. The molecule has 0 aliphatic carbocycles. The lowest BCUT2D eigenvalue weighted by molar-refractivity contribution is 0.277. The molecule has 1 unspecified atom stereocenters. The van der Waals surface area contributed by atoms with Gasteiger partial charge in [-0.2, -0.15) is 5.10 Å². The number of aromatic nitrogens is 2. The van der Waals surface area contributed by atoms with Crippen LogP contribution in [0.5, 0.6) is 0 Å². The summed E-state index contributed by atoms with van der Waals surface area (Å²) in [4.78, 5) is 0. The molecular weight excluding hydrogens is 294 g/mol. The number of furan rings is 1. The molecule has 2 aromatic heterocycles. The Hall–Kier alpha value is -1.64. The second kappa shape index (κ2) is 6.42. The quantitative estimate of drug-likeness (QED) is 0.709. The number of aliphatic hydroxyl groups is 1. The number of nitrogens with zero attached hydrogens (tertiary/aromatic N) is 1. The van der Waals surface area contributed by atoms with Crippen LogP contribution >= 0.6 is 0 Å². The molecule has 0 aliphatic heterocycles. The second-order valence-electron chi connectivity index (χ2n) is 4.93. The van der Waals surface area contributed by atoms with Gasteiger partial charge in [-0.1, -0.05) is 0 Å². The van der Waals surface area contributed by atoms with Crippen molar-refractivity contribution in [2.75, 3.05) is 0 Å². The highest BCUT2D eigenvalue weighted by Crippen LogP contribution is 2.17. The number of H-pyrrole nitrogens is 1. The first-order valence-corrected chi connectivity index (χ1v) is 8.11. The maximum atomic E-state index is 12.3. The maximum absolute atomic E-state index is 12.3. The Morgan fingerprint density at radius 3 is 2.90 bits per heavy atom. The normalized spacial score (nSPS) is 13.5. The lowest BCUT2D eigenvalue weighted by atomic mass is 10.2. The summed E-state index contributed by atoms with van der Waals surface area (Å²) >= 11 is 0. The van der Waals surface area contributed by atoms with Gasteiger partial charge in [0.1, 0.15) is 5.76 Å². The summed E-state index contributed by atoms with van der Waals surface area (Å²) in [6, 6.07) is 3.37. The van der Waals surface area contributed by atoms with Gasteiger partial charge in [0.25, 0.3) is 10.0 Å². The highest BCUT2D eigenvalue weighted by Gasteiger charge is 2.25. The Balaban J connectivity index is 2.03. The molecule has 2 aromatic rings. The van der Waals surface area contributed by atoms with Crippen LogP contribution < -0.4 is 4.72 Å². The van der Waals surface area contributed by atoms with E-state index in [2.05, 4.69) is 14.9 Å². The monoisotopic (exact) mass is 313 g/mol. The minimum atomic E-state index is -3.76. The fourth-order valence-electron chi connectivity index (χ4n) is 2.03. The largest absolute Gasteiger partial charge is 0.469 e. The first-order valence-electron chi connectivity index (χ1n) is 6.63. The number of nitrogens with one attached hydrogen (secondary N) is 2. The van der Waals surface area contributed by atoms with Gasteiger partial charge in [0, 0.05) is 23.7 Å². The number of aryl methyl sites for hydroxylation is 2. The van der Waals surface area contributed by atoms with Crippen LogP contribution in [0.4, 0.5) is 0 Å². The van der Waals surface area contributed by atoms with E-state index < -0.39 is 10.0 Å². The SMILES string of the molecule is Cc1[nH]nc(S(=O)(=O)NC(C)CCc2ccco2)c1CO. The van der Waals surface area contributed by atoms with Crippen molar-refractivity contribution in [3.8, 4) is 0 Å². The van der Waals surface area contributed by atoms with E-state index in [1.807, 2.05) is 6.07 Å². The lowest BCUT2D eigenvalue weighted by Crippen LogP contribution is -2.33. The zero-order valence-electron chi connectivity index (χ0n) is 12.0. The van der Waals surface area contributed by atoms with E-state index in [1.165, 1.54) is 0 Å². The van der Waals surface area contributed by atoms with Gasteiger partial charge in [0.15, 0.2) is 5.03 Å². The van der Waals surface area contributed by atoms with Gasteiger partial charge >= 0.3 is 0 Å². The summed E-state index contributed by atoms with van der Waals surface area (Å²) in [5, 5.41) is 15.4. The van der Waals surface area contributed by atoms with E-state index in [0.717, 1.165) is 5.76 Å². The molecule has 21 heavy (non-hydrogen) atoms. The highest BCUT2D eigenvalue weighted by molar-refractivity contribution is 7.89. The first-order chi connectivity index (χ1) is 9.94. The van der Waals surface area contributed by atoms with Crippen molar-refractivity contribution >= 4 is 10.0 Å². The minimum absolute atomic E-state index is 0.146. The Bertz CT molecular complexity index is 676. The standard InChI is InChI=1S/C13H19N3O4S/c1-9(5-6-11-4-3-7-20-11)16-21(18,19)13-12(8-17)10(2)14-15-13/h3-4,7,9,16-17H,5-6,8H2,1-2H3,(H,14,15). The van der Waals surface area contributed by atoms with Crippen molar-refractivity contribution in [3.05, 3.63) is 35.4 Å². The Kier molecular flexibility index (Phi) is 4.81. The van der Waals surface area contributed by atoms with Crippen LogP contribution in [0, 0.1) is 6.92 Å². The smallest absolute Gasteiger partial charge is 0.260 e. The molecule has 0 spiro atoms. The molecule has 0 saturated heterocycles. The zero-order valence-corrected chi connectivity index (χ0v) is 12.8. The zero-order chi connectivity index (χ0) is 15.5. The van der Waals surface area contributed by atoms with Crippen LogP contribution in [-0.2, 0) is 23.1 Å². The third kappa shape index (κ3) is 3.72. The van der Waals surface area contributed by atoms with Crippen molar-refractivity contribution < 1.29 is 17.9 Å². The number of hydrogen-bond donors (Lipinski definition) is 3. The van der Waals surface area contributed by atoms with Gasteiger partial charge in [-0.15, -0.1) is 0 Å². The summed E-state index contributed by atoms with van der Waals surface area (Å²) in [5.41, 5.74) is 0.835. The number of aliphatic hydroxyl groups excluding tert-OH is 1. The van der Waals surface area contributed by atoms with E-state index in [0.29, 0.717) is 24.1 Å². The van der Waals surface area contributed by atoms with E-state index in [-0.39, 0.29) is 17.7 Å². The maximum Gasteiger partial charge on any atom is 0.260 e. The molecular formula is C13H19N3O4S. The van der Waals surface area contributed by atoms with E-state index in [4.69, 9.17) is 4.42 Å². The molecule has 3 N–H and O–H groups in total. The molecule has 0 aliphatic rings. The molecule has 1 atom stereocenters. The Labute approximate surface area is 123 Å². The van der Waals surface area contributed by atoms with Crippen LogP contribution in [0.3, 0.4) is 0 Å². The van der Waals surface area contributed by atoms with Crippen molar-refractivity contribution in [2.45, 2.75) is 44.4 Å². The summed E-state index contributed by atoms with van der Waals surface area (Å²) < 4.78 is 32.3. The molecule has 7 nitrogen and oxygen atoms in total. The first kappa shape index (κ1) is 15.7. The molecule has 8 heteroatoms. The highest BCUT2D eigenvalue weighted by atomic mass is 32.2. The molecule has 0 bridgehead atoms. The van der Waals surface area contributed by atoms with Gasteiger partial charge in [-0.25, -0.2) is 13.1 Å².